The van der Waals surface area contributed by atoms with Gasteiger partial charge < -0.3 is 5.32 Å². The van der Waals surface area contributed by atoms with Crippen LogP contribution in [0.3, 0.4) is 0 Å². The Balaban J connectivity index is 1.79. The lowest BCUT2D eigenvalue weighted by atomic mass is 9.79. The molecule has 2 aliphatic rings. The standard InChI is InChI=1S/C15H29N/c1-11-8-9-15(12(2)10-11)16-13(3)14-6-4-5-7-14/h11-16H,4-10H2,1-3H3. The molecule has 0 saturated heterocycles. The lowest BCUT2D eigenvalue weighted by Crippen LogP contribution is -2.45. The van der Waals surface area contributed by atoms with Gasteiger partial charge in [-0.1, -0.05) is 26.7 Å². The Morgan fingerprint density at radius 2 is 1.69 bits per heavy atom. The molecular weight excluding hydrogens is 194 g/mol. The van der Waals surface area contributed by atoms with Crippen molar-refractivity contribution in [2.45, 2.75) is 77.8 Å². The van der Waals surface area contributed by atoms with Gasteiger partial charge in [-0.2, -0.15) is 0 Å². The average Bonchev–Trinajstić information content (AvgIpc) is 2.75. The topological polar surface area (TPSA) is 12.0 Å². The summed E-state index contributed by atoms with van der Waals surface area (Å²) in [6.07, 6.45) is 10.1. The molecule has 1 heteroatoms. The maximum atomic E-state index is 3.93. The quantitative estimate of drug-likeness (QED) is 0.763. The minimum absolute atomic E-state index is 0.753. The third-order valence-corrected chi connectivity index (χ3v) is 5.02. The van der Waals surface area contributed by atoms with Crippen molar-refractivity contribution in [3.05, 3.63) is 0 Å². The highest BCUT2D eigenvalue weighted by Gasteiger charge is 2.29. The van der Waals surface area contributed by atoms with Gasteiger partial charge in [0.25, 0.3) is 0 Å². The normalized spacial score (nSPS) is 38.8. The highest BCUT2D eigenvalue weighted by Crippen LogP contribution is 2.32. The smallest absolute Gasteiger partial charge is 0.00954 e. The minimum atomic E-state index is 0.753. The third kappa shape index (κ3) is 3.00. The van der Waals surface area contributed by atoms with Gasteiger partial charge in [0.1, 0.15) is 0 Å². The van der Waals surface area contributed by atoms with Gasteiger partial charge in [0, 0.05) is 12.1 Å². The van der Waals surface area contributed by atoms with Gasteiger partial charge in [-0.15, -0.1) is 0 Å². The summed E-state index contributed by atoms with van der Waals surface area (Å²) in [5, 5.41) is 3.93. The number of hydrogen-bond acceptors (Lipinski definition) is 1. The monoisotopic (exact) mass is 223 g/mol. The zero-order chi connectivity index (χ0) is 11.5. The van der Waals surface area contributed by atoms with Gasteiger partial charge in [-0.05, 0) is 56.8 Å². The summed E-state index contributed by atoms with van der Waals surface area (Å²) >= 11 is 0. The Morgan fingerprint density at radius 1 is 1.00 bits per heavy atom. The zero-order valence-electron chi connectivity index (χ0n) is 11.3. The highest BCUT2D eigenvalue weighted by atomic mass is 15.0. The van der Waals surface area contributed by atoms with Gasteiger partial charge in [-0.3, -0.25) is 0 Å². The number of rotatable bonds is 3. The molecule has 2 fully saturated rings. The molecule has 0 heterocycles. The van der Waals surface area contributed by atoms with Crippen molar-refractivity contribution in [3.63, 3.8) is 0 Å². The summed E-state index contributed by atoms with van der Waals surface area (Å²) in [6, 6.07) is 1.55. The van der Waals surface area contributed by atoms with Crippen LogP contribution in [0.5, 0.6) is 0 Å². The molecule has 94 valence electrons. The molecule has 0 radical (unpaired) electrons. The van der Waals surface area contributed by atoms with Gasteiger partial charge >= 0.3 is 0 Å². The van der Waals surface area contributed by atoms with E-state index in [9.17, 15) is 0 Å². The van der Waals surface area contributed by atoms with Gasteiger partial charge in [-0.25, -0.2) is 0 Å². The zero-order valence-corrected chi connectivity index (χ0v) is 11.3. The fourth-order valence-corrected chi connectivity index (χ4v) is 3.84. The Morgan fingerprint density at radius 3 is 2.31 bits per heavy atom. The predicted octanol–water partition coefficient (Wildman–Crippen LogP) is 3.98. The fraction of sp³-hybridized carbons (Fsp3) is 1.00. The van der Waals surface area contributed by atoms with Crippen LogP contribution < -0.4 is 5.32 Å². The summed E-state index contributed by atoms with van der Waals surface area (Å²) in [5.74, 6) is 2.80. The van der Waals surface area contributed by atoms with E-state index in [1.54, 1.807) is 0 Å². The summed E-state index contributed by atoms with van der Waals surface area (Å²) in [5.41, 5.74) is 0. The molecule has 0 amide bonds. The van der Waals surface area contributed by atoms with E-state index in [0.717, 1.165) is 29.8 Å². The first kappa shape index (κ1) is 12.4. The first-order chi connectivity index (χ1) is 7.66. The average molecular weight is 223 g/mol. The van der Waals surface area contributed by atoms with Crippen LogP contribution >= 0.6 is 0 Å². The summed E-state index contributed by atoms with van der Waals surface area (Å²) in [4.78, 5) is 0. The maximum absolute atomic E-state index is 3.93. The Hall–Kier alpha value is -0.0400. The molecule has 0 aliphatic heterocycles. The largest absolute Gasteiger partial charge is 0.311 e. The Bertz CT molecular complexity index is 207. The molecule has 0 aromatic heterocycles. The van der Waals surface area contributed by atoms with E-state index in [1.807, 2.05) is 0 Å². The van der Waals surface area contributed by atoms with Crippen molar-refractivity contribution in [1.82, 2.24) is 5.32 Å². The first-order valence-corrected chi connectivity index (χ1v) is 7.43. The molecule has 16 heavy (non-hydrogen) atoms. The van der Waals surface area contributed by atoms with Crippen molar-refractivity contribution in [3.8, 4) is 0 Å². The summed E-state index contributed by atoms with van der Waals surface area (Å²) < 4.78 is 0. The van der Waals surface area contributed by atoms with E-state index >= 15 is 0 Å². The molecule has 2 saturated carbocycles. The second-order valence-electron chi connectivity index (χ2n) is 6.50. The Labute approximate surface area is 101 Å². The molecule has 1 nitrogen and oxygen atoms in total. The van der Waals surface area contributed by atoms with Crippen LogP contribution in [0.2, 0.25) is 0 Å². The fourth-order valence-electron chi connectivity index (χ4n) is 3.84. The van der Waals surface area contributed by atoms with E-state index < -0.39 is 0 Å². The van der Waals surface area contributed by atoms with Crippen LogP contribution in [0, 0.1) is 17.8 Å². The van der Waals surface area contributed by atoms with Crippen LogP contribution in [0.1, 0.15) is 65.7 Å². The second kappa shape index (κ2) is 5.53. The van der Waals surface area contributed by atoms with Crippen molar-refractivity contribution in [2.24, 2.45) is 17.8 Å². The van der Waals surface area contributed by atoms with Crippen molar-refractivity contribution < 1.29 is 0 Å². The molecule has 2 aliphatic carbocycles. The van der Waals surface area contributed by atoms with E-state index in [1.165, 1.54) is 44.9 Å². The summed E-state index contributed by atoms with van der Waals surface area (Å²) in [6.45, 7) is 7.27. The van der Waals surface area contributed by atoms with Crippen LogP contribution in [0.25, 0.3) is 0 Å². The maximum Gasteiger partial charge on any atom is 0.00954 e. The molecule has 0 bridgehead atoms. The van der Waals surface area contributed by atoms with Crippen molar-refractivity contribution >= 4 is 0 Å². The highest BCUT2D eigenvalue weighted by molar-refractivity contribution is 4.86. The Kier molecular flexibility index (Phi) is 4.29. The molecule has 0 spiro atoms. The number of hydrogen-bond donors (Lipinski definition) is 1. The molecule has 1 N–H and O–H groups in total. The number of nitrogens with one attached hydrogen (secondary N) is 1. The summed E-state index contributed by atoms with van der Waals surface area (Å²) in [7, 11) is 0. The van der Waals surface area contributed by atoms with E-state index in [-0.39, 0.29) is 0 Å². The van der Waals surface area contributed by atoms with Crippen LogP contribution in [0.4, 0.5) is 0 Å². The predicted molar refractivity (Wildman–Crippen MR) is 70.5 cm³/mol. The molecule has 4 atom stereocenters. The SMILES string of the molecule is CC1CCC(NC(C)C2CCCC2)C(C)C1. The first-order valence-electron chi connectivity index (χ1n) is 7.43. The van der Waals surface area contributed by atoms with Gasteiger partial charge in [0.05, 0.1) is 0 Å². The van der Waals surface area contributed by atoms with E-state index in [0.29, 0.717) is 0 Å². The molecule has 2 rings (SSSR count). The minimum Gasteiger partial charge on any atom is -0.311 e. The van der Waals surface area contributed by atoms with Gasteiger partial charge in [0.15, 0.2) is 0 Å². The molecular formula is C15H29N. The van der Waals surface area contributed by atoms with Crippen LogP contribution in [-0.2, 0) is 0 Å². The molecule has 4 unspecified atom stereocenters. The molecule has 0 aromatic rings. The van der Waals surface area contributed by atoms with Gasteiger partial charge in [0.2, 0.25) is 0 Å². The van der Waals surface area contributed by atoms with Crippen LogP contribution in [0.15, 0.2) is 0 Å². The van der Waals surface area contributed by atoms with Crippen molar-refractivity contribution in [2.75, 3.05) is 0 Å². The lowest BCUT2D eigenvalue weighted by molar-refractivity contribution is 0.199. The van der Waals surface area contributed by atoms with Crippen LogP contribution in [-0.4, -0.2) is 12.1 Å². The van der Waals surface area contributed by atoms with E-state index in [2.05, 4.69) is 26.1 Å². The van der Waals surface area contributed by atoms with E-state index in [4.69, 9.17) is 0 Å². The lowest BCUT2D eigenvalue weighted by Gasteiger charge is -2.36. The second-order valence-corrected chi connectivity index (χ2v) is 6.50. The van der Waals surface area contributed by atoms with Crippen molar-refractivity contribution in [1.29, 1.82) is 0 Å². The third-order valence-electron chi connectivity index (χ3n) is 5.02. The molecule has 0 aromatic carbocycles.